The Morgan fingerprint density at radius 1 is 1.50 bits per heavy atom. The fourth-order valence-electron chi connectivity index (χ4n) is 2.12. The van der Waals surface area contributed by atoms with Gasteiger partial charge >= 0.3 is 0 Å². The lowest BCUT2D eigenvalue weighted by Gasteiger charge is -2.23. The molecule has 1 aromatic rings. The van der Waals surface area contributed by atoms with Gasteiger partial charge in [0.25, 0.3) is 0 Å². The Morgan fingerprint density at radius 2 is 2.44 bits per heavy atom. The zero-order valence-electron chi connectivity index (χ0n) is 9.51. The van der Waals surface area contributed by atoms with Gasteiger partial charge in [-0.05, 0) is 43.7 Å². The van der Waals surface area contributed by atoms with Crippen LogP contribution in [0.25, 0.3) is 0 Å². The molecule has 1 aromatic heterocycles. The van der Waals surface area contributed by atoms with E-state index in [0.29, 0.717) is 6.10 Å². The largest absolute Gasteiger partial charge is 0.388 e. The van der Waals surface area contributed by atoms with Crippen molar-refractivity contribution in [1.82, 2.24) is 4.98 Å². The highest BCUT2D eigenvalue weighted by molar-refractivity contribution is 5.11. The number of hydrogen-bond donors (Lipinski definition) is 1. The first kappa shape index (κ1) is 11.6. The van der Waals surface area contributed by atoms with Crippen LogP contribution in [0.2, 0.25) is 0 Å². The van der Waals surface area contributed by atoms with E-state index in [9.17, 15) is 5.11 Å². The number of nitrogens with zero attached hydrogens (tertiary/aromatic N) is 1. The van der Waals surface area contributed by atoms with Gasteiger partial charge in [-0.15, -0.1) is 0 Å². The third-order valence-electron chi connectivity index (χ3n) is 3.11. The van der Waals surface area contributed by atoms with E-state index in [2.05, 4.69) is 4.98 Å². The van der Waals surface area contributed by atoms with E-state index in [-0.39, 0.29) is 0 Å². The Labute approximate surface area is 96.5 Å². The van der Waals surface area contributed by atoms with Gasteiger partial charge in [-0.3, -0.25) is 4.98 Å². The molecule has 0 radical (unpaired) electrons. The molecule has 3 heteroatoms. The van der Waals surface area contributed by atoms with Crippen LogP contribution in [0.4, 0.5) is 0 Å². The monoisotopic (exact) mass is 221 g/mol. The minimum absolute atomic E-state index is 0.347. The summed E-state index contributed by atoms with van der Waals surface area (Å²) < 4.78 is 5.64. The average Bonchev–Trinajstić information content (AvgIpc) is 2.38. The van der Waals surface area contributed by atoms with Gasteiger partial charge in [0.1, 0.15) is 0 Å². The Balaban J connectivity index is 1.77. The number of aromatic nitrogens is 1. The first-order valence-corrected chi connectivity index (χ1v) is 6.06. The molecule has 0 bridgehead atoms. The van der Waals surface area contributed by atoms with Crippen molar-refractivity contribution in [2.75, 3.05) is 6.61 Å². The van der Waals surface area contributed by atoms with Gasteiger partial charge in [0.2, 0.25) is 0 Å². The first-order valence-electron chi connectivity index (χ1n) is 6.06. The van der Waals surface area contributed by atoms with E-state index in [0.717, 1.165) is 31.4 Å². The van der Waals surface area contributed by atoms with Gasteiger partial charge in [0.15, 0.2) is 0 Å². The standard InChI is InChI=1S/C13H19NO2/c15-13(11-4-3-8-14-10-11)7-6-12-5-1-2-9-16-12/h3-4,8,10,12-13,15H,1-2,5-7,9H2. The summed E-state index contributed by atoms with van der Waals surface area (Å²) in [6.07, 6.45) is 8.67. The summed E-state index contributed by atoms with van der Waals surface area (Å²) in [6.45, 7) is 0.883. The molecule has 88 valence electrons. The second-order valence-electron chi connectivity index (χ2n) is 4.37. The van der Waals surface area contributed by atoms with E-state index >= 15 is 0 Å². The molecule has 1 saturated heterocycles. The topological polar surface area (TPSA) is 42.4 Å². The summed E-state index contributed by atoms with van der Waals surface area (Å²) in [5, 5.41) is 9.96. The van der Waals surface area contributed by atoms with Crippen molar-refractivity contribution in [3.05, 3.63) is 30.1 Å². The quantitative estimate of drug-likeness (QED) is 0.849. The molecule has 0 spiro atoms. The molecule has 1 fully saturated rings. The predicted octanol–water partition coefficient (Wildman–Crippen LogP) is 2.46. The molecule has 2 unspecified atom stereocenters. The maximum Gasteiger partial charge on any atom is 0.0805 e. The van der Waals surface area contributed by atoms with Gasteiger partial charge in [-0.1, -0.05) is 6.07 Å². The molecule has 16 heavy (non-hydrogen) atoms. The van der Waals surface area contributed by atoms with E-state index in [1.54, 1.807) is 12.4 Å². The summed E-state index contributed by atoms with van der Waals surface area (Å²) in [7, 11) is 0. The summed E-state index contributed by atoms with van der Waals surface area (Å²) in [5.74, 6) is 0. The predicted molar refractivity (Wildman–Crippen MR) is 62.0 cm³/mol. The molecular weight excluding hydrogens is 202 g/mol. The smallest absolute Gasteiger partial charge is 0.0805 e. The van der Waals surface area contributed by atoms with Crippen LogP contribution in [0.15, 0.2) is 24.5 Å². The van der Waals surface area contributed by atoms with Crippen LogP contribution in [-0.2, 0) is 4.74 Å². The third kappa shape index (κ3) is 3.29. The molecule has 0 aliphatic carbocycles. The van der Waals surface area contributed by atoms with Crippen molar-refractivity contribution in [1.29, 1.82) is 0 Å². The van der Waals surface area contributed by atoms with Crippen LogP contribution < -0.4 is 0 Å². The second-order valence-corrected chi connectivity index (χ2v) is 4.37. The first-order chi connectivity index (χ1) is 7.86. The highest BCUT2D eigenvalue weighted by Gasteiger charge is 2.16. The average molecular weight is 221 g/mol. The minimum Gasteiger partial charge on any atom is -0.388 e. The number of aliphatic hydroxyl groups excluding tert-OH is 1. The highest BCUT2D eigenvalue weighted by atomic mass is 16.5. The van der Waals surface area contributed by atoms with Crippen LogP contribution >= 0.6 is 0 Å². The number of hydrogen-bond acceptors (Lipinski definition) is 3. The molecule has 2 heterocycles. The Morgan fingerprint density at radius 3 is 3.12 bits per heavy atom. The molecule has 0 saturated carbocycles. The maximum atomic E-state index is 9.96. The normalized spacial score (nSPS) is 22.9. The maximum absolute atomic E-state index is 9.96. The van der Waals surface area contributed by atoms with Crippen molar-refractivity contribution in [3.8, 4) is 0 Å². The zero-order chi connectivity index (χ0) is 11.2. The second kappa shape index (κ2) is 5.97. The summed E-state index contributed by atoms with van der Waals surface area (Å²) in [4.78, 5) is 4.01. The lowest BCUT2D eigenvalue weighted by Crippen LogP contribution is -2.19. The van der Waals surface area contributed by atoms with Crippen molar-refractivity contribution in [2.45, 2.75) is 44.3 Å². The lowest BCUT2D eigenvalue weighted by molar-refractivity contribution is 0.00211. The highest BCUT2D eigenvalue weighted by Crippen LogP contribution is 2.23. The molecule has 2 atom stereocenters. The van der Waals surface area contributed by atoms with E-state index < -0.39 is 6.10 Å². The van der Waals surface area contributed by atoms with Crippen LogP contribution in [0.5, 0.6) is 0 Å². The molecule has 1 N–H and O–H groups in total. The Hall–Kier alpha value is -0.930. The minimum atomic E-state index is -0.403. The molecule has 1 aliphatic heterocycles. The van der Waals surface area contributed by atoms with Crippen molar-refractivity contribution in [2.24, 2.45) is 0 Å². The van der Waals surface area contributed by atoms with E-state index in [4.69, 9.17) is 4.74 Å². The summed E-state index contributed by atoms with van der Waals surface area (Å²) in [5.41, 5.74) is 0.901. The molecule has 1 aliphatic rings. The number of rotatable bonds is 4. The van der Waals surface area contributed by atoms with Gasteiger partial charge in [-0.2, -0.15) is 0 Å². The van der Waals surface area contributed by atoms with Gasteiger partial charge < -0.3 is 9.84 Å². The number of pyridine rings is 1. The Bertz CT molecular complexity index is 296. The van der Waals surface area contributed by atoms with Crippen molar-refractivity contribution in [3.63, 3.8) is 0 Å². The van der Waals surface area contributed by atoms with E-state index in [1.165, 1.54) is 12.8 Å². The van der Waals surface area contributed by atoms with Gasteiger partial charge in [0.05, 0.1) is 12.2 Å². The zero-order valence-corrected chi connectivity index (χ0v) is 9.51. The molecule has 2 rings (SSSR count). The molecule has 0 amide bonds. The van der Waals surface area contributed by atoms with Crippen LogP contribution in [-0.4, -0.2) is 22.8 Å². The summed E-state index contributed by atoms with van der Waals surface area (Å²) in [6, 6.07) is 3.77. The number of ether oxygens (including phenoxy) is 1. The Kier molecular flexibility index (Phi) is 4.31. The van der Waals surface area contributed by atoms with Crippen molar-refractivity contribution < 1.29 is 9.84 Å². The van der Waals surface area contributed by atoms with Crippen molar-refractivity contribution >= 4 is 0 Å². The van der Waals surface area contributed by atoms with Crippen LogP contribution in [0, 0.1) is 0 Å². The molecule has 3 nitrogen and oxygen atoms in total. The van der Waals surface area contributed by atoms with Crippen LogP contribution in [0.1, 0.15) is 43.8 Å². The van der Waals surface area contributed by atoms with Gasteiger partial charge in [-0.25, -0.2) is 0 Å². The molecular formula is C13H19NO2. The fraction of sp³-hybridized carbons (Fsp3) is 0.615. The fourth-order valence-corrected chi connectivity index (χ4v) is 2.12. The van der Waals surface area contributed by atoms with Gasteiger partial charge in [0, 0.05) is 19.0 Å². The lowest BCUT2D eigenvalue weighted by atomic mass is 10.00. The third-order valence-corrected chi connectivity index (χ3v) is 3.11. The SMILES string of the molecule is OC(CCC1CCCCO1)c1cccnc1. The summed E-state index contributed by atoms with van der Waals surface area (Å²) >= 11 is 0. The van der Waals surface area contributed by atoms with Crippen LogP contribution in [0.3, 0.4) is 0 Å². The van der Waals surface area contributed by atoms with E-state index in [1.807, 2.05) is 12.1 Å². The number of aliphatic hydroxyl groups is 1. The molecule has 0 aromatic carbocycles.